The Kier molecular flexibility index (Phi) is 5.28. The predicted octanol–water partition coefficient (Wildman–Crippen LogP) is 3.43. The van der Waals surface area contributed by atoms with Gasteiger partial charge in [-0.05, 0) is 12.0 Å². The summed E-state index contributed by atoms with van der Waals surface area (Å²) in [6, 6.07) is 17.4. The highest BCUT2D eigenvalue weighted by molar-refractivity contribution is 7.92. The second-order valence-electron chi connectivity index (χ2n) is 5.04. The SMILES string of the molecule is C=CCC(C(=O)c1ccccc1)S(=O)(=O)Cc1ccccc1. The van der Waals surface area contributed by atoms with E-state index < -0.39 is 15.1 Å². The average molecular weight is 314 g/mol. The van der Waals surface area contributed by atoms with E-state index in [9.17, 15) is 13.2 Å². The Morgan fingerprint density at radius 1 is 1.00 bits per heavy atom. The monoisotopic (exact) mass is 314 g/mol. The molecule has 0 N–H and O–H groups in total. The zero-order valence-corrected chi connectivity index (χ0v) is 13.0. The van der Waals surface area contributed by atoms with E-state index in [0.29, 0.717) is 11.1 Å². The van der Waals surface area contributed by atoms with Crippen molar-refractivity contribution in [3.63, 3.8) is 0 Å². The maximum absolute atomic E-state index is 12.6. The predicted molar refractivity (Wildman–Crippen MR) is 88.4 cm³/mol. The Morgan fingerprint density at radius 3 is 2.09 bits per heavy atom. The summed E-state index contributed by atoms with van der Waals surface area (Å²) in [4.78, 5) is 12.5. The molecule has 1 unspecified atom stereocenters. The molecule has 22 heavy (non-hydrogen) atoms. The van der Waals surface area contributed by atoms with Gasteiger partial charge in [0, 0.05) is 5.56 Å². The largest absolute Gasteiger partial charge is 0.293 e. The summed E-state index contributed by atoms with van der Waals surface area (Å²) in [6.45, 7) is 3.58. The number of Topliss-reactive ketones (excluding diaryl/α,β-unsaturated/α-hetero) is 1. The molecule has 0 aliphatic heterocycles. The smallest absolute Gasteiger partial charge is 0.181 e. The number of hydrogen-bond acceptors (Lipinski definition) is 3. The van der Waals surface area contributed by atoms with E-state index in [4.69, 9.17) is 0 Å². The Bertz CT molecular complexity index is 734. The summed E-state index contributed by atoms with van der Waals surface area (Å²) >= 11 is 0. The highest BCUT2D eigenvalue weighted by atomic mass is 32.2. The summed E-state index contributed by atoms with van der Waals surface area (Å²) in [5, 5.41) is -1.09. The number of rotatable bonds is 7. The van der Waals surface area contributed by atoms with Crippen molar-refractivity contribution in [2.45, 2.75) is 17.4 Å². The van der Waals surface area contributed by atoms with Gasteiger partial charge in [-0.15, -0.1) is 6.58 Å². The maximum atomic E-state index is 12.6. The van der Waals surface area contributed by atoms with Gasteiger partial charge in [0.25, 0.3) is 0 Å². The maximum Gasteiger partial charge on any atom is 0.181 e. The van der Waals surface area contributed by atoms with Crippen LogP contribution in [0.4, 0.5) is 0 Å². The molecule has 0 spiro atoms. The van der Waals surface area contributed by atoms with Crippen LogP contribution in [0.15, 0.2) is 73.3 Å². The molecule has 1 atom stereocenters. The molecule has 2 aromatic carbocycles. The quantitative estimate of drug-likeness (QED) is 0.581. The van der Waals surface area contributed by atoms with Gasteiger partial charge in [0.2, 0.25) is 0 Å². The number of hydrogen-bond donors (Lipinski definition) is 0. The van der Waals surface area contributed by atoms with E-state index >= 15 is 0 Å². The van der Waals surface area contributed by atoms with Crippen molar-refractivity contribution in [3.8, 4) is 0 Å². The zero-order chi connectivity index (χ0) is 16.0. The van der Waals surface area contributed by atoms with Gasteiger partial charge in [-0.2, -0.15) is 0 Å². The summed E-state index contributed by atoms with van der Waals surface area (Å²) in [5.74, 6) is -0.526. The van der Waals surface area contributed by atoms with Crippen LogP contribution in [-0.4, -0.2) is 19.5 Å². The van der Waals surface area contributed by atoms with Crippen LogP contribution in [0.1, 0.15) is 22.3 Å². The fourth-order valence-corrected chi connectivity index (χ4v) is 4.01. The summed E-state index contributed by atoms with van der Waals surface area (Å²) in [7, 11) is -3.61. The molecule has 0 saturated heterocycles. The molecule has 0 bridgehead atoms. The number of ketones is 1. The standard InChI is InChI=1S/C18H18O3S/c1-2-9-17(18(19)16-12-7-4-8-13-16)22(20,21)14-15-10-5-3-6-11-15/h2-8,10-13,17H,1,9,14H2. The van der Waals surface area contributed by atoms with Gasteiger partial charge < -0.3 is 0 Å². The zero-order valence-electron chi connectivity index (χ0n) is 12.2. The number of sulfone groups is 1. The fourth-order valence-electron chi connectivity index (χ4n) is 2.26. The van der Waals surface area contributed by atoms with E-state index in [1.54, 1.807) is 54.6 Å². The second kappa shape index (κ2) is 7.18. The van der Waals surface area contributed by atoms with Crippen molar-refractivity contribution in [2.75, 3.05) is 0 Å². The minimum Gasteiger partial charge on any atom is -0.293 e. The Labute approximate surface area is 131 Å². The third-order valence-corrected chi connectivity index (χ3v) is 5.38. The fraction of sp³-hybridized carbons (Fsp3) is 0.167. The van der Waals surface area contributed by atoms with E-state index in [1.807, 2.05) is 6.07 Å². The normalized spacial score (nSPS) is 12.5. The van der Waals surface area contributed by atoms with E-state index in [0.717, 1.165) is 0 Å². The van der Waals surface area contributed by atoms with Crippen LogP contribution in [0.2, 0.25) is 0 Å². The molecule has 2 rings (SSSR count). The first-order valence-electron chi connectivity index (χ1n) is 7.00. The molecule has 4 heteroatoms. The van der Waals surface area contributed by atoms with Gasteiger partial charge in [0.05, 0.1) is 5.75 Å². The van der Waals surface area contributed by atoms with Crippen LogP contribution in [0.3, 0.4) is 0 Å². The molecule has 0 saturated carbocycles. The van der Waals surface area contributed by atoms with Gasteiger partial charge in [-0.25, -0.2) is 8.42 Å². The summed E-state index contributed by atoms with van der Waals surface area (Å²) in [5.41, 5.74) is 1.09. The average Bonchev–Trinajstić information content (AvgIpc) is 2.53. The van der Waals surface area contributed by atoms with Crippen molar-refractivity contribution in [1.82, 2.24) is 0 Å². The third-order valence-electron chi connectivity index (χ3n) is 3.38. The topological polar surface area (TPSA) is 51.2 Å². The van der Waals surface area contributed by atoms with Gasteiger partial charge in [0.15, 0.2) is 15.6 Å². The number of benzene rings is 2. The van der Waals surface area contributed by atoms with Crippen LogP contribution in [0, 0.1) is 0 Å². The molecule has 0 radical (unpaired) electrons. The molecule has 0 amide bonds. The molecular weight excluding hydrogens is 296 g/mol. The lowest BCUT2D eigenvalue weighted by Crippen LogP contribution is -2.31. The van der Waals surface area contributed by atoms with Gasteiger partial charge >= 0.3 is 0 Å². The van der Waals surface area contributed by atoms with E-state index in [2.05, 4.69) is 6.58 Å². The van der Waals surface area contributed by atoms with Crippen molar-refractivity contribution in [1.29, 1.82) is 0 Å². The van der Waals surface area contributed by atoms with Crippen LogP contribution >= 0.6 is 0 Å². The Balaban J connectivity index is 2.30. The van der Waals surface area contributed by atoms with E-state index in [1.165, 1.54) is 6.08 Å². The highest BCUT2D eigenvalue weighted by Gasteiger charge is 2.32. The number of allylic oxidation sites excluding steroid dienone is 1. The van der Waals surface area contributed by atoms with Gasteiger partial charge in [-0.1, -0.05) is 66.7 Å². The number of carbonyl (C=O) groups excluding carboxylic acids is 1. The highest BCUT2D eigenvalue weighted by Crippen LogP contribution is 2.19. The molecule has 0 fully saturated rings. The molecule has 2 aromatic rings. The van der Waals surface area contributed by atoms with Crippen molar-refractivity contribution >= 4 is 15.6 Å². The molecule has 0 aromatic heterocycles. The van der Waals surface area contributed by atoms with E-state index in [-0.39, 0.29) is 18.0 Å². The minimum atomic E-state index is -3.61. The van der Waals surface area contributed by atoms with Crippen LogP contribution in [-0.2, 0) is 15.6 Å². The summed E-state index contributed by atoms with van der Waals surface area (Å²) < 4.78 is 25.3. The minimum absolute atomic E-state index is 0.114. The summed E-state index contributed by atoms with van der Waals surface area (Å²) in [6.07, 6.45) is 1.59. The molecule has 0 heterocycles. The Hall–Kier alpha value is -2.20. The van der Waals surface area contributed by atoms with Gasteiger partial charge in [0.1, 0.15) is 5.25 Å². The third kappa shape index (κ3) is 3.92. The van der Waals surface area contributed by atoms with Crippen molar-refractivity contribution in [2.24, 2.45) is 0 Å². The second-order valence-corrected chi connectivity index (χ2v) is 7.22. The van der Waals surface area contributed by atoms with Crippen LogP contribution in [0.5, 0.6) is 0 Å². The van der Waals surface area contributed by atoms with Gasteiger partial charge in [-0.3, -0.25) is 4.79 Å². The number of carbonyl (C=O) groups is 1. The lowest BCUT2D eigenvalue weighted by atomic mass is 10.1. The first-order valence-corrected chi connectivity index (χ1v) is 8.72. The first-order chi connectivity index (χ1) is 10.5. The molecule has 0 aliphatic carbocycles. The van der Waals surface area contributed by atoms with Crippen LogP contribution in [0.25, 0.3) is 0 Å². The lowest BCUT2D eigenvalue weighted by Gasteiger charge is -2.15. The molecular formula is C18H18O3S. The first kappa shape index (κ1) is 16.2. The molecule has 3 nitrogen and oxygen atoms in total. The molecule has 0 aliphatic rings. The molecule has 114 valence electrons. The Morgan fingerprint density at radius 2 is 1.55 bits per heavy atom. The van der Waals surface area contributed by atoms with Crippen molar-refractivity contribution < 1.29 is 13.2 Å². The van der Waals surface area contributed by atoms with Crippen molar-refractivity contribution in [3.05, 3.63) is 84.4 Å². The lowest BCUT2D eigenvalue weighted by molar-refractivity contribution is 0.0987. The van der Waals surface area contributed by atoms with Crippen LogP contribution < -0.4 is 0 Å².